The highest BCUT2D eigenvalue weighted by atomic mass is 16.6. The first-order valence-corrected chi connectivity index (χ1v) is 29.7. The van der Waals surface area contributed by atoms with Crippen LogP contribution in [0, 0.1) is 0 Å². The predicted octanol–water partition coefficient (Wildman–Crippen LogP) is 20.2. The summed E-state index contributed by atoms with van der Waals surface area (Å²) in [4.78, 5) is 38.1. The van der Waals surface area contributed by atoms with Gasteiger partial charge in [-0.15, -0.1) is 0 Å². The van der Waals surface area contributed by atoms with Crippen molar-refractivity contribution >= 4 is 17.9 Å². The van der Waals surface area contributed by atoms with E-state index in [0.717, 1.165) is 148 Å². The zero-order valence-electron chi connectivity index (χ0n) is 47.1. The highest BCUT2D eigenvalue weighted by Crippen LogP contribution is 2.14. The molecular formula is C67H108O6. The van der Waals surface area contributed by atoms with Gasteiger partial charge < -0.3 is 14.2 Å². The van der Waals surface area contributed by atoms with Crippen LogP contribution < -0.4 is 0 Å². The molecule has 0 bridgehead atoms. The van der Waals surface area contributed by atoms with Crippen LogP contribution in [-0.2, 0) is 28.6 Å². The molecule has 0 heterocycles. The number of unbranched alkanes of at least 4 members (excludes halogenated alkanes) is 19. The molecule has 0 aromatic carbocycles. The number of hydrogen-bond acceptors (Lipinski definition) is 6. The Bertz CT molecular complexity index is 1580. The third kappa shape index (κ3) is 58.3. The van der Waals surface area contributed by atoms with Gasteiger partial charge in [0.15, 0.2) is 6.10 Å². The van der Waals surface area contributed by atoms with Crippen molar-refractivity contribution in [3.8, 4) is 0 Å². The minimum Gasteiger partial charge on any atom is -0.462 e. The molecule has 0 aliphatic heterocycles. The zero-order chi connectivity index (χ0) is 52.9. The minimum absolute atomic E-state index is 0.1000. The third-order valence-corrected chi connectivity index (χ3v) is 12.2. The van der Waals surface area contributed by atoms with Crippen molar-refractivity contribution in [1.29, 1.82) is 0 Å². The van der Waals surface area contributed by atoms with Crippen LogP contribution in [0.25, 0.3) is 0 Å². The first-order chi connectivity index (χ1) is 36.0. The first kappa shape index (κ1) is 68.6. The van der Waals surface area contributed by atoms with Gasteiger partial charge in [-0.1, -0.05) is 251 Å². The Kier molecular flexibility index (Phi) is 56.4. The average Bonchev–Trinajstić information content (AvgIpc) is 3.39. The van der Waals surface area contributed by atoms with E-state index in [1.54, 1.807) is 0 Å². The van der Waals surface area contributed by atoms with Crippen LogP contribution in [0.5, 0.6) is 0 Å². The number of hydrogen-bond donors (Lipinski definition) is 0. The van der Waals surface area contributed by atoms with E-state index in [4.69, 9.17) is 14.2 Å². The standard InChI is InChI=1S/C67H108O6/c1-4-7-10-13-16-19-22-25-26-27-28-29-30-31-32-33-34-35-36-37-38-39-40-43-45-48-51-54-57-60-66(69)72-63-64(73-67(70)61-58-55-52-49-46-42-24-21-18-15-12-9-6-3)62-71-65(68)59-56-53-50-47-44-41-23-20-17-14-11-8-5-2/h7,9-10,12,16,18-19,21,25-26,28-29,31-32,34-35,37-38,40,42-43,46,64H,4-6,8,11,13-15,17,20,22-24,27,30,33,36,39,41,44-45,47-63H2,1-3H3/b10-7-,12-9-,19-16-,21-18-,26-25-,29-28-,32-31-,35-34-,38-37-,43-40-,46-42-. The maximum Gasteiger partial charge on any atom is 0.306 e. The zero-order valence-corrected chi connectivity index (χ0v) is 47.1. The van der Waals surface area contributed by atoms with Gasteiger partial charge in [-0.2, -0.15) is 0 Å². The third-order valence-electron chi connectivity index (χ3n) is 12.2. The van der Waals surface area contributed by atoms with Gasteiger partial charge in [-0.05, 0) is 116 Å². The molecule has 6 heteroatoms. The number of carbonyl (C=O) groups is 3. The fourth-order valence-corrected chi connectivity index (χ4v) is 7.77. The fraction of sp³-hybridized carbons (Fsp3) is 0.627. The van der Waals surface area contributed by atoms with Gasteiger partial charge in [0, 0.05) is 19.3 Å². The normalized spacial score (nSPS) is 13.1. The monoisotopic (exact) mass is 1010 g/mol. The van der Waals surface area contributed by atoms with E-state index < -0.39 is 6.10 Å². The molecule has 0 spiro atoms. The minimum atomic E-state index is -0.807. The Hall–Kier alpha value is -4.45. The Balaban J connectivity index is 4.37. The largest absolute Gasteiger partial charge is 0.462 e. The molecular weight excluding hydrogens is 901 g/mol. The average molecular weight is 1010 g/mol. The maximum atomic E-state index is 12.8. The Morgan fingerprint density at radius 3 is 0.849 bits per heavy atom. The molecule has 0 aromatic heterocycles. The quantitative estimate of drug-likeness (QED) is 0.0261. The van der Waals surface area contributed by atoms with Crippen molar-refractivity contribution in [2.24, 2.45) is 0 Å². The lowest BCUT2D eigenvalue weighted by molar-refractivity contribution is -0.167. The molecule has 0 N–H and O–H groups in total. The summed E-state index contributed by atoms with van der Waals surface area (Å²) in [5.41, 5.74) is 0. The van der Waals surface area contributed by atoms with Crippen LogP contribution in [0.2, 0.25) is 0 Å². The molecule has 73 heavy (non-hydrogen) atoms. The van der Waals surface area contributed by atoms with E-state index in [1.807, 2.05) is 0 Å². The van der Waals surface area contributed by atoms with Crippen molar-refractivity contribution in [2.75, 3.05) is 13.2 Å². The molecule has 412 valence electrons. The summed E-state index contributed by atoms with van der Waals surface area (Å²) in [5, 5.41) is 0. The van der Waals surface area contributed by atoms with Crippen LogP contribution in [0.15, 0.2) is 134 Å². The van der Waals surface area contributed by atoms with E-state index in [0.29, 0.717) is 12.8 Å². The van der Waals surface area contributed by atoms with Crippen molar-refractivity contribution in [3.63, 3.8) is 0 Å². The number of ether oxygens (including phenoxy) is 3. The predicted molar refractivity (Wildman–Crippen MR) is 316 cm³/mol. The lowest BCUT2D eigenvalue weighted by Gasteiger charge is -2.18. The second-order valence-electron chi connectivity index (χ2n) is 19.1. The molecule has 0 aliphatic carbocycles. The van der Waals surface area contributed by atoms with Gasteiger partial charge in [-0.3, -0.25) is 14.4 Å². The number of rotatable bonds is 52. The number of carbonyl (C=O) groups excluding carboxylic acids is 3. The van der Waals surface area contributed by atoms with E-state index in [1.165, 1.54) is 64.2 Å². The van der Waals surface area contributed by atoms with Gasteiger partial charge in [0.25, 0.3) is 0 Å². The van der Waals surface area contributed by atoms with Gasteiger partial charge >= 0.3 is 17.9 Å². The number of allylic oxidation sites excluding steroid dienone is 22. The van der Waals surface area contributed by atoms with Crippen molar-refractivity contribution in [1.82, 2.24) is 0 Å². The highest BCUT2D eigenvalue weighted by molar-refractivity contribution is 5.71. The first-order valence-electron chi connectivity index (χ1n) is 29.7. The van der Waals surface area contributed by atoms with Gasteiger partial charge in [0.1, 0.15) is 13.2 Å². The molecule has 0 fully saturated rings. The van der Waals surface area contributed by atoms with Gasteiger partial charge in [0.2, 0.25) is 0 Å². The molecule has 0 amide bonds. The summed E-state index contributed by atoms with van der Waals surface area (Å²) in [7, 11) is 0. The summed E-state index contributed by atoms with van der Waals surface area (Å²) >= 11 is 0. The van der Waals surface area contributed by atoms with Crippen molar-refractivity contribution < 1.29 is 28.6 Å². The van der Waals surface area contributed by atoms with Crippen LogP contribution in [0.3, 0.4) is 0 Å². The summed E-state index contributed by atoms with van der Waals surface area (Å²) in [5.74, 6) is -0.959. The fourth-order valence-electron chi connectivity index (χ4n) is 7.77. The van der Waals surface area contributed by atoms with Gasteiger partial charge in [0.05, 0.1) is 0 Å². The molecule has 0 rings (SSSR count). The Morgan fingerprint density at radius 2 is 0.534 bits per heavy atom. The molecule has 0 saturated carbocycles. The van der Waals surface area contributed by atoms with Gasteiger partial charge in [-0.25, -0.2) is 0 Å². The molecule has 0 aliphatic rings. The molecule has 1 atom stereocenters. The van der Waals surface area contributed by atoms with Crippen LogP contribution >= 0.6 is 0 Å². The van der Waals surface area contributed by atoms with Crippen LogP contribution in [0.4, 0.5) is 0 Å². The molecule has 0 saturated heterocycles. The lowest BCUT2D eigenvalue weighted by atomic mass is 10.0. The Morgan fingerprint density at radius 1 is 0.288 bits per heavy atom. The van der Waals surface area contributed by atoms with E-state index in [2.05, 4.69) is 154 Å². The molecule has 1 unspecified atom stereocenters. The topological polar surface area (TPSA) is 78.9 Å². The summed E-state index contributed by atoms with van der Waals surface area (Å²) < 4.78 is 16.8. The lowest BCUT2D eigenvalue weighted by Crippen LogP contribution is -2.30. The molecule has 6 nitrogen and oxygen atoms in total. The summed E-state index contributed by atoms with van der Waals surface area (Å²) in [6.07, 6.45) is 84.5. The van der Waals surface area contributed by atoms with Crippen LogP contribution in [-0.4, -0.2) is 37.2 Å². The van der Waals surface area contributed by atoms with E-state index in [-0.39, 0.29) is 37.5 Å². The SMILES string of the molecule is CC/C=C\C/C=C\C/C=C\C/C=C\C/C=C\C/C=C\C/C=C\C/C=C\CCCCCCC(=O)OCC(COC(=O)CCCCCCCCCCCCCCC)OC(=O)CCCCC/C=C\C/C=C\C/C=C\CC. The summed E-state index contributed by atoms with van der Waals surface area (Å²) in [6, 6.07) is 0. The molecule has 0 radical (unpaired) electrons. The van der Waals surface area contributed by atoms with E-state index in [9.17, 15) is 14.4 Å². The summed E-state index contributed by atoms with van der Waals surface area (Å²) in [6.45, 7) is 6.36. The van der Waals surface area contributed by atoms with Crippen molar-refractivity contribution in [3.05, 3.63) is 134 Å². The Labute approximate surface area is 449 Å². The highest BCUT2D eigenvalue weighted by Gasteiger charge is 2.19. The number of esters is 3. The van der Waals surface area contributed by atoms with Crippen LogP contribution in [0.1, 0.15) is 252 Å². The maximum absolute atomic E-state index is 12.8. The second-order valence-corrected chi connectivity index (χ2v) is 19.1. The smallest absolute Gasteiger partial charge is 0.306 e. The second kappa shape index (κ2) is 60.1. The van der Waals surface area contributed by atoms with E-state index >= 15 is 0 Å². The molecule has 0 aromatic rings. The van der Waals surface area contributed by atoms with Crippen molar-refractivity contribution in [2.45, 2.75) is 258 Å².